The van der Waals surface area contributed by atoms with Gasteiger partial charge in [0.05, 0.1) is 0 Å². The van der Waals surface area contributed by atoms with Gasteiger partial charge in [0.25, 0.3) is 0 Å². The summed E-state index contributed by atoms with van der Waals surface area (Å²) < 4.78 is 0. The SMILES string of the molecule is CCCCC1CCC(CCC2CCC(C#CC#N)CC2)CC1. The summed E-state index contributed by atoms with van der Waals surface area (Å²) in [5, 5.41) is 8.52. The molecule has 0 unspecified atom stereocenters. The summed E-state index contributed by atoms with van der Waals surface area (Å²) in [6.07, 6.45) is 18.3. The minimum atomic E-state index is 0.505. The lowest BCUT2D eigenvalue weighted by Gasteiger charge is -2.31. The van der Waals surface area contributed by atoms with Crippen molar-refractivity contribution in [2.24, 2.45) is 23.7 Å². The van der Waals surface area contributed by atoms with Crippen molar-refractivity contribution in [3.05, 3.63) is 0 Å². The smallest absolute Gasteiger partial charge is 0.152 e. The van der Waals surface area contributed by atoms with E-state index in [0.29, 0.717) is 5.92 Å². The Hall–Kier alpha value is -0.950. The lowest BCUT2D eigenvalue weighted by molar-refractivity contribution is 0.221. The minimum Gasteiger partial charge on any atom is -0.183 e. The minimum absolute atomic E-state index is 0.505. The van der Waals surface area contributed by atoms with Gasteiger partial charge in [-0.15, -0.1) is 0 Å². The third-order valence-corrected chi connectivity index (χ3v) is 6.09. The molecule has 2 saturated carbocycles. The number of hydrogen-bond donors (Lipinski definition) is 0. The standard InChI is InChI=1S/C21H33N/c1-2-3-5-18-7-11-20(12-8-18)15-16-21-13-9-19(10-14-21)6-4-17-22/h18-21H,2-3,5,7-16H2,1H3. The Morgan fingerprint density at radius 1 is 0.773 bits per heavy atom. The van der Waals surface area contributed by atoms with E-state index in [1.165, 1.54) is 83.5 Å². The van der Waals surface area contributed by atoms with Crippen LogP contribution in [0.3, 0.4) is 0 Å². The van der Waals surface area contributed by atoms with Gasteiger partial charge in [-0.3, -0.25) is 0 Å². The quantitative estimate of drug-likeness (QED) is 0.544. The summed E-state index contributed by atoms with van der Waals surface area (Å²) >= 11 is 0. The Balaban J connectivity index is 1.57. The van der Waals surface area contributed by atoms with Crippen molar-refractivity contribution in [3.63, 3.8) is 0 Å². The first-order valence-electron chi connectivity index (χ1n) is 9.71. The van der Waals surface area contributed by atoms with E-state index in [4.69, 9.17) is 5.26 Å². The lowest BCUT2D eigenvalue weighted by atomic mass is 9.75. The summed E-state index contributed by atoms with van der Waals surface area (Å²) in [6, 6.07) is 1.95. The van der Waals surface area contributed by atoms with Crippen LogP contribution in [-0.2, 0) is 0 Å². The van der Waals surface area contributed by atoms with Crippen molar-refractivity contribution in [1.82, 2.24) is 0 Å². The van der Waals surface area contributed by atoms with E-state index in [1.807, 2.05) is 6.07 Å². The average molecular weight is 300 g/mol. The van der Waals surface area contributed by atoms with Gasteiger partial charge in [0, 0.05) is 11.8 Å². The average Bonchev–Trinajstić information content (AvgIpc) is 2.58. The van der Waals surface area contributed by atoms with Crippen molar-refractivity contribution in [2.45, 2.75) is 90.4 Å². The Morgan fingerprint density at radius 3 is 1.77 bits per heavy atom. The van der Waals surface area contributed by atoms with Crippen LogP contribution in [0.2, 0.25) is 0 Å². The third kappa shape index (κ3) is 6.04. The van der Waals surface area contributed by atoms with Gasteiger partial charge in [0.1, 0.15) is 0 Å². The van der Waals surface area contributed by atoms with Crippen LogP contribution in [0.15, 0.2) is 0 Å². The number of rotatable bonds is 6. The Labute approximate surface area is 137 Å². The van der Waals surface area contributed by atoms with Crippen molar-refractivity contribution < 1.29 is 0 Å². The zero-order chi connectivity index (χ0) is 15.6. The monoisotopic (exact) mass is 299 g/mol. The summed E-state index contributed by atoms with van der Waals surface area (Å²) in [5.74, 6) is 9.21. The Kier molecular flexibility index (Phi) is 7.87. The molecule has 22 heavy (non-hydrogen) atoms. The maximum atomic E-state index is 8.52. The van der Waals surface area contributed by atoms with Crippen LogP contribution in [0, 0.1) is 46.8 Å². The predicted molar refractivity (Wildman–Crippen MR) is 93.0 cm³/mol. The number of nitrogens with zero attached hydrogens (tertiary/aromatic N) is 1. The van der Waals surface area contributed by atoms with Crippen LogP contribution in [0.4, 0.5) is 0 Å². The highest BCUT2D eigenvalue weighted by Gasteiger charge is 2.24. The van der Waals surface area contributed by atoms with Crippen LogP contribution in [-0.4, -0.2) is 0 Å². The van der Waals surface area contributed by atoms with Crippen LogP contribution in [0.5, 0.6) is 0 Å². The molecule has 0 aliphatic heterocycles. The third-order valence-electron chi connectivity index (χ3n) is 6.09. The molecular formula is C21H33N. The second-order valence-corrected chi connectivity index (χ2v) is 7.71. The Bertz CT molecular complexity index is 392. The van der Waals surface area contributed by atoms with Gasteiger partial charge in [-0.1, -0.05) is 70.6 Å². The number of nitriles is 1. The molecule has 0 bridgehead atoms. The summed E-state index contributed by atoms with van der Waals surface area (Å²) in [6.45, 7) is 2.31. The van der Waals surface area contributed by atoms with E-state index in [0.717, 1.165) is 17.8 Å². The normalized spacial score (nSPS) is 31.8. The molecule has 122 valence electrons. The van der Waals surface area contributed by atoms with E-state index in [1.54, 1.807) is 0 Å². The second-order valence-electron chi connectivity index (χ2n) is 7.71. The highest BCUT2D eigenvalue weighted by molar-refractivity contribution is 5.18. The number of unbranched alkanes of at least 4 members (excludes halogenated alkanes) is 1. The van der Waals surface area contributed by atoms with Crippen molar-refractivity contribution in [3.8, 4) is 17.9 Å². The molecule has 1 nitrogen and oxygen atoms in total. The van der Waals surface area contributed by atoms with Gasteiger partial charge in [0.15, 0.2) is 6.07 Å². The van der Waals surface area contributed by atoms with Gasteiger partial charge in [-0.25, -0.2) is 0 Å². The zero-order valence-electron chi connectivity index (χ0n) is 14.4. The highest BCUT2D eigenvalue weighted by Crippen LogP contribution is 2.37. The fraction of sp³-hybridized carbons (Fsp3) is 0.857. The number of hydrogen-bond acceptors (Lipinski definition) is 1. The second kappa shape index (κ2) is 9.94. The summed E-state index contributed by atoms with van der Waals surface area (Å²) in [5.41, 5.74) is 0. The molecule has 0 N–H and O–H groups in total. The Morgan fingerprint density at radius 2 is 1.27 bits per heavy atom. The van der Waals surface area contributed by atoms with Crippen molar-refractivity contribution in [2.75, 3.05) is 0 Å². The highest BCUT2D eigenvalue weighted by atomic mass is 14.3. The van der Waals surface area contributed by atoms with Gasteiger partial charge in [-0.05, 0) is 43.4 Å². The summed E-state index contributed by atoms with van der Waals surface area (Å²) in [7, 11) is 0. The molecule has 1 heteroatoms. The van der Waals surface area contributed by atoms with Crippen LogP contribution >= 0.6 is 0 Å². The van der Waals surface area contributed by atoms with E-state index in [-0.39, 0.29) is 0 Å². The molecule has 2 fully saturated rings. The van der Waals surface area contributed by atoms with Gasteiger partial charge in [-0.2, -0.15) is 5.26 Å². The fourth-order valence-electron chi connectivity index (χ4n) is 4.50. The molecule has 0 spiro atoms. The lowest BCUT2D eigenvalue weighted by Crippen LogP contribution is -2.17. The van der Waals surface area contributed by atoms with E-state index in [9.17, 15) is 0 Å². The first-order chi connectivity index (χ1) is 10.8. The molecule has 0 atom stereocenters. The van der Waals surface area contributed by atoms with Crippen molar-refractivity contribution in [1.29, 1.82) is 5.26 Å². The molecule has 0 aromatic rings. The molecule has 0 radical (unpaired) electrons. The van der Waals surface area contributed by atoms with Gasteiger partial charge >= 0.3 is 0 Å². The maximum Gasteiger partial charge on any atom is 0.152 e. The van der Waals surface area contributed by atoms with Crippen LogP contribution in [0.1, 0.15) is 90.4 Å². The maximum absolute atomic E-state index is 8.52. The first kappa shape index (κ1) is 17.4. The summed E-state index contributed by atoms with van der Waals surface area (Å²) in [4.78, 5) is 0. The first-order valence-corrected chi connectivity index (χ1v) is 9.71. The van der Waals surface area contributed by atoms with E-state index in [2.05, 4.69) is 18.8 Å². The van der Waals surface area contributed by atoms with E-state index < -0.39 is 0 Å². The van der Waals surface area contributed by atoms with Crippen LogP contribution < -0.4 is 0 Å². The van der Waals surface area contributed by atoms with E-state index >= 15 is 0 Å². The topological polar surface area (TPSA) is 23.8 Å². The molecule has 0 aromatic carbocycles. The largest absolute Gasteiger partial charge is 0.183 e. The zero-order valence-corrected chi connectivity index (χ0v) is 14.4. The fourth-order valence-corrected chi connectivity index (χ4v) is 4.50. The molecule has 0 amide bonds. The molecular weight excluding hydrogens is 266 g/mol. The molecule has 0 aromatic heterocycles. The molecule has 0 heterocycles. The van der Waals surface area contributed by atoms with Crippen molar-refractivity contribution >= 4 is 0 Å². The molecule has 2 rings (SSSR count). The molecule has 2 aliphatic rings. The molecule has 0 saturated heterocycles. The predicted octanol–water partition coefficient (Wildman–Crippen LogP) is 6.10. The van der Waals surface area contributed by atoms with Gasteiger partial charge < -0.3 is 0 Å². The molecule has 2 aliphatic carbocycles. The van der Waals surface area contributed by atoms with Crippen LogP contribution in [0.25, 0.3) is 0 Å². The van der Waals surface area contributed by atoms with Gasteiger partial charge in [0.2, 0.25) is 0 Å².